The molecule has 102 valence electrons. The van der Waals surface area contributed by atoms with Crippen LogP contribution in [0.3, 0.4) is 0 Å². The zero-order chi connectivity index (χ0) is 13.5. The second kappa shape index (κ2) is 7.62. The highest BCUT2D eigenvalue weighted by Gasteiger charge is 2.14. The molecule has 6 nitrogen and oxygen atoms in total. The molecular formula is C10H21NO5S. The van der Waals surface area contributed by atoms with E-state index in [0.717, 1.165) is 0 Å². The van der Waals surface area contributed by atoms with Gasteiger partial charge in [-0.2, -0.15) is 0 Å². The van der Waals surface area contributed by atoms with Crippen molar-refractivity contribution in [2.75, 3.05) is 18.9 Å². The van der Waals surface area contributed by atoms with E-state index in [0.29, 0.717) is 0 Å². The van der Waals surface area contributed by atoms with Gasteiger partial charge in [-0.3, -0.25) is 4.79 Å². The van der Waals surface area contributed by atoms with Crippen LogP contribution in [0, 0.1) is 5.92 Å². The van der Waals surface area contributed by atoms with E-state index in [-0.39, 0.29) is 31.4 Å². The van der Waals surface area contributed by atoms with Gasteiger partial charge in [0.05, 0.1) is 24.4 Å². The number of aliphatic carboxylic acids is 1. The van der Waals surface area contributed by atoms with E-state index in [2.05, 4.69) is 4.72 Å². The lowest BCUT2D eigenvalue weighted by Crippen LogP contribution is -2.31. The lowest BCUT2D eigenvalue weighted by atomic mass is 10.1. The van der Waals surface area contributed by atoms with E-state index in [9.17, 15) is 13.2 Å². The van der Waals surface area contributed by atoms with Crippen molar-refractivity contribution >= 4 is 16.0 Å². The highest BCUT2D eigenvalue weighted by molar-refractivity contribution is 7.89. The summed E-state index contributed by atoms with van der Waals surface area (Å²) < 4.78 is 30.3. The minimum absolute atomic E-state index is 0.00256. The summed E-state index contributed by atoms with van der Waals surface area (Å²) in [6.07, 6.45) is 0.275. The summed E-state index contributed by atoms with van der Waals surface area (Å²) in [7, 11) is -3.37. The summed E-state index contributed by atoms with van der Waals surface area (Å²) in [5, 5.41) is 8.62. The Morgan fingerprint density at radius 2 is 1.94 bits per heavy atom. The highest BCUT2D eigenvalue weighted by atomic mass is 32.2. The van der Waals surface area contributed by atoms with Gasteiger partial charge in [0.1, 0.15) is 0 Å². The molecule has 0 rings (SSSR count). The molecule has 0 aliphatic carbocycles. The van der Waals surface area contributed by atoms with Crippen molar-refractivity contribution in [3.05, 3.63) is 0 Å². The SMILES string of the molecule is CC(C)OCCS(=O)(=O)NCCC(C)C(=O)O. The Balaban J connectivity index is 3.82. The molecule has 0 heterocycles. The monoisotopic (exact) mass is 267 g/mol. The lowest BCUT2D eigenvalue weighted by Gasteiger charge is -2.10. The first kappa shape index (κ1) is 16.3. The van der Waals surface area contributed by atoms with E-state index < -0.39 is 21.9 Å². The van der Waals surface area contributed by atoms with Crippen LogP contribution in [0.15, 0.2) is 0 Å². The van der Waals surface area contributed by atoms with E-state index in [1.165, 1.54) is 0 Å². The predicted octanol–water partition coefficient (Wildman–Crippen LogP) is 0.442. The van der Waals surface area contributed by atoms with Crippen molar-refractivity contribution < 1.29 is 23.1 Å². The Hall–Kier alpha value is -0.660. The number of carbonyl (C=O) groups is 1. The van der Waals surface area contributed by atoms with Crippen LogP contribution in [-0.4, -0.2) is 44.5 Å². The third kappa shape index (κ3) is 9.08. The van der Waals surface area contributed by atoms with Crippen molar-refractivity contribution in [2.24, 2.45) is 5.92 Å². The first-order valence-corrected chi connectivity index (χ1v) is 7.21. The fourth-order valence-electron chi connectivity index (χ4n) is 1.02. The average Bonchev–Trinajstić information content (AvgIpc) is 2.15. The van der Waals surface area contributed by atoms with Crippen molar-refractivity contribution in [2.45, 2.75) is 33.3 Å². The molecule has 1 unspecified atom stereocenters. The molecule has 0 saturated carbocycles. The van der Waals surface area contributed by atoms with Crippen molar-refractivity contribution in [3.63, 3.8) is 0 Å². The molecule has 0 aliphatic heterocycles. The summed E-state index contributed by atoms with van der Waals surface area (Å²) in [5.74, 6) is -1.58. The Kier molecular flexibility index (Phi) is 7.33. The van der Waals surface area contributed by atoms with Crippen LogP contribution in [0.5, 0.6) is 0 Å². The van der Waals surface area contributed by atoms with Crippen LogP contribution >= 0.6 is 0 Å². The van der Waals surface area contributed by atoms with Crippen LogP contribution in [0.2, 0.25) is 0 Å². The molecule has 7 heteroatoms. The van der Waals surface area contributed by atoms with Gasteiger partial charge in [0.25, 0.3) is 0 Å². The van der Waals surface area contributed by atoms with Gasteiger partial charge in [-0.15, -0.1) is 0 Å². The Morgan fingerprint density at radius 1 is 1.35 bits per heavy atom. The van der Waals surface area contributed by atoms with E-state index >= 15 is 0 Å². The number of sulfonamides is 1. The number of nitrogens with one attached hydrogen (secondary N) is 1. The molecule has 0 fully saturated rings. The maximum Gasteiger partial charge on any atom is 0.306 e. The van der Waals surface area contributed by atoms with Crippen LogP contribution in [-0.2, 0) is 19.6 Å². The second-order valence-corrected chi connectivity index (χ2v) is 6.09. The normalized spacial score (nSPS) is 13.9. The van der Waals surface area contributed by atoms with E-state index in [1.54, 1.807) is 6.92 Å². The standard InChI is InChI=1S/C10H21NO5S/c1-8(2)16-6-7-17(14,15)11-5-4-9(3)10(12)13/h8-9,11H,4-7H2,1-3H3,(H,12,13). The zero-order valence-electron chi connectivity index (χ0n) is 10.5. The molecule has 0 radical (unpaired) electrons. The quantitative estimate of drug-likeness (QED) is 0.632. The van der Waals surface area contributed by atoms with Crippen molar-refractivity contribution in [1.29, 1.82) is 0 Å². The molecule has 0 aliphatic rings. The third-order valence-electron chi connectivity index (χ3n) is 2.12. The zero-order valence-corrected chi connectivity index (χ0v) is 11.3. The molecule has 17 heavy (non-hydrogen) atoms. The summed E-state index contributed by atoms with van der Waals surface area (Å²) in [4.78, 5) is 10.5. The fraction of sp³-hybridized carbons (Fsp3) is 0.900. The van der Waals surface area contributed by atoms with Crippen LogP contribution in [0.4, 0.5) is 0 Å². The topological polar surface area (TPSA) is 92.7 Å². The summed E-state index contributed by atoms with van der Waals surface area (Å²) in [6.45, 7) is 5.47. The summed E-state index contributed by atoms with van der Waals surface area (Å²) in [6, 6.07) is 0. The second-order valence-electron chi connectivity index (χ2n) is 4.16. The summed E-state index contributed by atoms with van der Waals surface area (Å²) >= 11 is 0. The fourth-order valence-corrected chi connectivity index (χ4v) is 1.91. The van der Waals surface area contributed by atoms with E-state index in [4.69, 9.17) is 9.84 Å². The van der Waals surface area contributed by atoms with E-state index in [1.807, 2.05) is 13.8 Å². The Labute approximate surface area is 102 Å². The number of hydrogen-bond acceptors (Lipinski definition) is 4. The van der Waals surface area contributed by atoms with Gasteiger partial charge in [-0.25, -0.2) is 13.1 Å². The maximum atomic E-state index is 11.4. The highest BCUT2D eigenvalue weighted by Crippen LogP contribution is 2.00. The first-order valence-electron chi connectivity index (χ1n) is 5.56. The van der Waals surface area contributed by atoms with Crippen LogP contribution < -0.4 is 4.72 Å². The number of ether oxygens (including phenoxy) is 1. The average molecular weight is 267 g/mol. The molecule has 0 bridgehead atoms. The number of rotatable bonds is 9. The van der Waals surface area contributed by atoms with Gasteiger partial charge in [0.15, 0.2) is 0 Å². The van der Waals surface area contributed by atoms with Gasteiger partial charge >= 0.3 is 5.97 Å². The largest absolute Gasteiger partial charge is 0.481 e. The number of carboxylic acids is 1. The van der Waals surface area contributed by atoms with Crippen LogP contribution in [0.1, 0.15) is 27.2 Å². The molecule has 0 amide bonds. The molecule has 0 saturated heterocycles. The minimum atomic E-state index is -3.37. The van der Waals surface area contributed by atoms with Gasteiger partial charge in [0.2, 0.25) is 10.0 Å². The Morgan fingerprint density at radius 3 is 2.41 bits per heavy atom. The molecule has 0 aromatic carbocycles. The lowest BCUT2D eigenvalue weighted by molar-refractivity contribution is -0.141. The molecular weight excluding hydrogens is 246 g/mol. The van der Waals surface area contributed by atoms with Gasteiger partial charge in [-0.05, 0) is 20.3 Å². The molecule has 0 aromatic rings. The number of hydrogen-bond donors (Lipinski definition) is 2. The molecule has 0 spiro atoms. The Bertz CT molecular complexity index is 326. The maximum absolute atomic E-state index is 11.4. The van der Waals surface area contributed by atoms with Gasteiger partial charge in [-0.1, -0.05) is 6.92 Å². The summed E-state index contributed by atoms with van der Waals surface area (Å²) in [5.41, 5.74) is 0. The minimum Gasteiger partial charge on any atom is -0.481 e. The van der Waals surface area contributed by atoms with Crippen molar-refractivity contribution in [1.82, 2.24) is 4.72 Å². The molecule has 0 aromatic heterocycles. The third-order valence-corrected chi connectivity index (χ3v) is 3.47. The molecule has 1 atom stereocenters. The number of carboxylic acid groups (broad SMARTS) is 1. The predicted molar refractivity (Wildman–Crippen MR) is 64.3 cm³/mol. The smallest absolute Gasteiger partial charge is 0.306 e. The van der Waals surface area contributed by atoms with Crippen LogP contribution in [0.25, 0.3) is 0 Å². The van der Waals surface area contributed by atoms with Gasteiger partial charge in [0, 0.05) is 6.54 Å². The molecule has 2 N–H and O–H groups in total. The van der Waals surface area contributed by atoms with Crippen molar-refractivity contribution in [3.8, 4) is 0 Å². The van der Waals surface area contributed by atoms with Gasteiger partial charge < -0.3 is 9.84 Å². The first-order chi connectivity index (χ1) is 7.74.